The predicted molar refractivity (Wildman–Crippen MR) is 77.0 cm³/mol. The Morgan fingerprint density at radius 2 is 1.95 bits per heavy atom. The third kappa shape index (κ3) is 6.41. The average molecular weight is 318 g/mol. The fourth-order valence-corrected chi connectivity index (χ4v) is 2.26. The van der Waals surface area contributed by atoms with Crippen molar-refractivity contribution in [1.82, 2.24) is 0 Å². The number of primary sulfonamides is 1. The summed E-state index contributed by atoms with van der Waals surface area (Å²) in [5.41, 5.74) is -0.0833. The van der Waals surface area contributed by atoms with E-state index >= 15 is 0 Å². The van der Waals surface area contributed by atoms with Crippen molar-refractivity contribution in [2.75, 3.05) is 19.5 Å². The lowest BCUT2D eigenvalue weighted by molar-refractivity contribution is -0.385. The molecule has 0 aliphatic carbocycles. The molecule has 0 heterocycles. The summed E-state index contributed by atoms with van der Waals surface area (Å²) in [4.78, 5) is 10.2. The first-order valence-corrected chi connectivity index (χ1v) is 8.01. The molecule has 0 aliphatic heterocycles. The summed E-state index contributed by atoms with van der Waals surface area (Å²) in [5, 5.41) is 15.6. The second kappa shape index (κ2) is 7.79. The highest BCUT2D eigenvalue weighted by atomic mass is 32.2. The number of nitrogens with two attached hydrogens (primary N) is 1. The number of hydrogen-bond donors (Lipinski definition) is 1. The second-order valence-electron chi connectivity index (χ2n) is 4.37. The average Bonchev–Trinajstić information content (AvgIpc) is 2.41. The van der Waals surface area contributed by atoms with E-state index in [0.717, 1.165) is 0 Å². The number of unbranched alkanes of at least 4 members (excludes halogenated alkanes) is 2. The van der Waals surface area contributed by atoms with Crippen molar-refractivity contribution >= 4 is 15.7 Å². The Morgan fingerprint density at radius 1 is 1.24 bits per heavy atom. The van der Waals surface area contributed by atoms with Crippen LogP contribution in [0.15, 0.2) is 18.2 Å². The topological polar surface area (TPSA) is 122 Å². The number of nitro benzene ring substituents is 1. The maximum Gasteiger partial charge on any atom is 0.273 e. The minimum absolute atomic E-state index is 0.0624. The van der Waals surface area contributed by atoms with Crippen molar-refractivity contribution in [3.8, 4) is 11.5 Å². The van der Waals surface area contributed by atoms with Gasteiger partial charge in [0, 0.05) is 6.07 Å². The van der Waals surface area contributed by atoms with Crippen molar-refractivity contribution in [3.05, 3.63) is 28.3 Å². The van der Waals surface area contributed by atoms with E-state index in [1.54, 1.807) is 0 Å². The normalized spacial score (nSPS) is 11.1. The van der Waals surface area contributed by atoms with Crippen LogP contribution in [0.5, 0.6) is 11.5 Å². The molecule has 0 bridgehead atoms. The Balaban J connectivity index is 2.47. The van der Waals surface area contributed by atoms with Gasteiger partial charge in [0.2, 0.25) is 10.0 Å². The van der Waals surface area contributed by atoms with E-state index in [4.69, 9.17) is 14.6 Å². The lowest BCUT2D eigenvalue weighted by Crippen LogP contribution is -2.16. The summed E-state index contributed by atoms with van der Waals surface area (Å²) in [6.07, 6.45) is 1.70. The second-order valence-corrected chi connectivity index (χ2v) is 6.10. The molecule has 21 heavy (non-hydrogen) atoms. The largest absolute Gasteiger partial charge is 0.493 e. The number of non-ortho nitro benzene ring substituents is 1. The molecule has 9 heteroatoms. The van der Waals surface area contributed by atoms with Crippen LogP contribution in [0.3, 0.4) is 0 Å². The molecule has 118 valence electrons. The summed E-state index contributed by atoms with van der Waals surface area (Å²) in [6.45, 7) is 0.308. The lowest BCUT2D eigenvalue weighted by atomic mass is 10.2. The van der Waals surface area contributed by atoms with Gasteiger partial charge >= 0.3 is 0 Å². The predicted octanol–water partition coefficient (Wildman–Crippen LogP) is 1.44. The van der Waals surface area contributed by atoms with Crippen LogP contribution in [0.2, 0.25) is 0 Å². The Morgan fingerprint density at radius 3 is 2.52 bits per heavy atom. The van der Waals surface area contributed by atoms with E-state index in [9.17, 15) is 18.5 Å². The number of ether oxygens (including phenoxy) is 2. The van der Waals surface area contributed by atoms with Gasteiger partial charge in [0.25, 0.3) is 5.69 Å². The van der Waals surface area contributed by atoms with Crippen molar-refractivity contribution in [2.45, 2.75) is 19.3 Å². The van der Waals surface area contributed by atoms with Gasteiger partial charge in [-0.3, -0.25) is 10.1 Å². The monoisotopic (exact) mass is 318 g/mol. The highest BCUT2D eigenvalue weighted by Crippen LogP contribution is 2.31. The van der Waals surface area contributed by atoms with Crippen LogP contribution >= 0.6 is 0 Å². The molecular formula is C12H18N2O6S. The van der Waals surface area contributed by atoms with Gasteiger partial charge in [-0.2, -0.15) is 0 Å². The Bertz CT molecular complexity index is 587. The van der Waals surface area contributed by atoms with Gasteiger partial charge < -0.3 is 9.47 Å². The highest BCUT2D eigenvalue weighted by molar-refractivity contribution is 7.89. The summed E-state index contributed by atoms with van der Waals surface area (Å²) < 4.78 is 32.0. The molecule has 0 spiro atoms. The summed E-state index contributed by atoms with van der Waals surface area (Å²) in [6, 6.07) is 4.09. The van der Waals surface area contributed by atoms with Crippen molar-refractivity contribution < 1.29 is 22.8 Å². The number of hydrogen-bond acceptors (Lipinski definition) is 6. The van der Waals surface area contributed by atoms with E-state index < -0.39 is 14.9 Å². The van der Waals surface area contributed by atoms with Gasteiger partial charge in [0.05, 0.1) is 30.5 Å². The molecular weight excluding hydrogens is 300 g/mol. The minimum atomic E-state index is -3.43. The standard InChI is InChI=1S/C12H18N2O6S/c1-19-11-6-5-10(14(15)16)9-12(11)20-7-3-2-4-8-21(13,17)18/h5-6,9H,2-4,7-8H2,1H3,(H2,13,17,18). The Hall–Kier alpha value is -1.87. The molecule has 0 saturated heterocycles. The lowest BCUT2D eigenvalue weighted by Gasteiger charge is -2.10. The SMILES string of the molecule is COc1ccc([N+](=O)[O-])cc1OCCCCCS(N)(=O)=O. The molecule has 0 amide bonds. The third-order valence-corrected chi connectivity index (χ3v) is 3.55. The van der Waals surface area contributed by atoms with E-state index in [1.807, 2.05) is 0 Å². The minimum Gasteiger partial charge on any atom is -0.493 e. The highest BCUT2D eigenvalue weighted by Gasteiger charge is 2.12. The Kier molecular flexibility index (Phi) is 6.38. The van der Waals surface area contributed by atoms with Crippen molar-refractivity contribution in [3.63, 3.8) is 0 Å². The molecule has 0 aromatic heterocycles. The number of benzene rings is 1. The molecule has 0 atom stereocenters. The number of methoxy groups -OCH3 is 1. The molecule has 0 radical (unpaired) electrons. The van der Waals surface area contributed by atoms with Crippen molar-refractivity contribution in [2.24, 2.45) is 5.14 Å². The molecule has 1 aromatic carbocycles. The van der Waals surface area contributed by atoms with Crippen LogP contribution in [-0.4, -0.2) is 32.8 Å². The molecule has 1 aromatic rings. The summed E-state index contributed by atoms with van der Waals surface area (Å²) in [7, 11) is -1.98. The fourth-order valence-electron chi connectivity index (χ4n) is 1.66. The first-order chi connectivity index (χ1) is 9.83. The van der Waals surface area contributed by atoms with Gasteiger partial charge in [0.1, 0.15) is 0 Å². The summed E-state index contributed by atoms with van der Waals surface area (Å²) >= 11 is 0. The van der Waals surface area contributed by atoms with Gasteiger partial charge in [0.15, 0.2) is 11.5 Å². The molecule has 0 fully saturated rings. The number of nitro groups is 1. The summed E-state index contributed by atoms with van der Waals surface area (Å²) in [5.74, 6) is 0.635. The van der Waals surface area contributed by atoms with Crippen LogP contribution < -0.4 is 14.6 Å². The maximum absolute atomic E-state index is 10.7. The van der Waals surface area contributed by atoms with E-state index in [0.29, 0.717) is 31.6 Å². The smallest absolute Gasteiger partial charge is 0.273 e. The first kappa shape index (κ1) is 17.2. The van der Waals surface area contributed by atoms with Crippen LogP contribution in [0, 0.1) is 10.1 Å². The fraction of sp³-hybridized carbons (Fsp3) is 0.500. The van der Waals surface area contributed by atoms with Gasteiger partial charge in [-0.15, -0.1) is 0 Å². The quantitative estimate of drug-likeness (QED) is 0.417. The van der Waals surface area contributed by atoms with E-state index in [2.05, 4.69) is 0 Å². The Labute approximate surface area is 123 Å². The molecule has 0 aliphatic rings. The van der Waals surface area contributed by atoms with Gasteiger partial charge in [-0.25, -0.2) is 13.6 Å². The van der Waals surface area contributed by atoms with E-state index in [1.165, 1.54) is 25.3 Å². The number of rotatable bonds is 9. The molecule has 8 nitrogen and oxygen atoms in total. The van der Waals surface area contributed by atoms with Crippen LogP contribution in [0.1, 0.15) is 19.3 Å². The molecule has 0 unspecified atom stereocenters. The van der Waals surface area contributed by atoms with Crippen molar-refractivity contribution in [1.29, 1.82) is 0 Å². The maximum atomic E-state index is 10.7. The van der Waals surface area contributed by atoms with Crippen LogP contribution in [-0.2, 0) is 10.0 Å². The number of nitrogens with zero attached hydrogens (tertiary/aromatic N) is 1. The third-order valence-electron chi connectivity index (χ3n) is 2.69. The van der Waals surface area contributed by atoms with E-state index in [-0.39, 0.29) is 17.2 Å². The molecule has 1 rings (SSSR count). The van der Waals surface area contributed by atoms with Crippen LogP contribution in [0.4, 0.5) is 5.69 Å². The first-order valence-electron chi connectivity index (χ1n) is 6.29. The molecule has 0 saturated carbocycles. The zero-order valence-corrected chi connectivity index (χ0v) is 12.5. The zero-order chi connectivity index (χ0) is 15.9. The zero-order valence-electron chi connectivity index (χ0n) is 11.6. The van der Waals surface area contributed by atoms with Crippen LogP contribution in [0.25, 0.3) is 0 Å². The molecule has 2 N–H and O–H groups in total. The van der Waals surface area contributed by atoms with Gasteiger partial charge in [-0.1, -0.05) is 0 Å². The van der Waals surface area contributed by atoms with Gasteiger partial charge in [-0.05, 0) is 25.3 Å². The number of sulfonamides is 1.